The Bertz CT molecular complexity index is 1450. The average molecular weight is 655 g/mol. The first-order valence-electron chi connectivity index (χ1n) is 16.5. The van der Waals surface area contributed by atoms with Crippen molar-refractivity contribution in [3.63, 3.8) is 0 Å². The number of amides is 2. The molecule has 4 N–H and O–H groups in total. The number of nitrogens with one attached hydrogen (secondary N) is 1. The van der Waals surface area contributed by atoms with Crippen molar-refractivity contribution in [2.24, 2.45) is 17.8 Å². The number of nitrogens with zero attached hydrogens (tertiary/aromatic N) is 1. The molecule has 0 aromatic heterocycles. The zero-order chi connectivity index (χ0) is 33.8. The van der Waals surface area contributed by atoms with E-state index in [1.165, 1.54) is 24.1 Å². The third-order valence-corrected chi connectivity index (χ3v) is 9.82. The SMILES string of the molecule is COc1cc(CO)cc2c1O[C@@H]1[C@@H](O)[C@H](N(Cc3ccc(F)cc3)C(=O)CO[C@H]3C[C@@H](C)CC[C@@H]3C(C)C)C=C(C(=O)NCCO)[C@H]21. The van der Waals surface area contributed by atoms with Crippen molar-refractivity contribution < 1.29 is 43.5 Å². The van der Waals surface area contributed by atoms with E-state index in [9.17, 15) is 29.3 Å². The van der Waals surface area contributed by atoms with E-state index in [0.717, 1.165) is 19.3 Å². The number of fused-ring (bicyclic) bond motifs is 3. The van der Waals surface area contributed by atoms with Crippen LogP contribution in [0.25, 0.3) is 0 Å². The maximum absolute atomic E-state index is 14.2. The fourth-order valence-corrected chi connectivity index (χ4v) is 7.33. The van der Waals surface area contributed by atoms with E-state index in [-0.39, 0.29) is 50.5 Å². The minimum Gasteiger partial charge on any atom is -0.493 e. The van der Waals surface area contributed by atoms with Crippen LogP contribution in [0, 0.1) is 23.6 Å². The molecule has 1 aliphatic heterocycles. The van der Waals surface area contributed by atoms with Crippen LogP contribution in [0.3, 0.4) is 0 Å². The molecule has 11 heteroatoms. The number of methoxy groups -OCH3 is 1. The number of halogens is 1. The van der Waals surface area contributed by atoms with Gasteiger partial charge in [0.15, 0.2) is 11.5 Å². The number of aliphatic hydroxyl groups is 3. The summed E-state index contributed by atoms with van der Waals surface area (Å²) < 4.78 is 32.0. The summed E-state index contributed by atoms with van der Waals surface area (Å²) in [6.07, 6.45) is 2.21. The maximum atomic E-state index is 14.2. The van der Waals surface area contributed by atoms with Crippen LogP contribution in [0.1, 0.15) is 62.6 Å². The number of carbonyl (C=O) groups excluding carboxylic acids is 2. The van der Waals surface area contributed by atoms with Gasteiger partial charge in [0.05, 0.1) is 38.4 Å². The van der Waals surface area contributed by atoms with Gasteiger partial charge in [0.2, 0.25) is 11.8 Å². The molecule has 47 heavy (non-hydrogen) atoms. The molecule has 2 aromatic carbocycles. The topological polar surface area (TPSA) is 138 Å². The number of hydrogen-bond acceptors (Lipinski definition) is 8. The first-order valence-corrected chi connectivity index (χ1v) is 16.5. The van der Waals surface area contributed by atoms with Crippen LogP contribution in [0.4, 0.5) is 4.39 Å². The van der Waals surface area contributed by atoms with Crippen LogP contribution in [-0.2, 0) is 27.5 Å². The third kappa shape index (κ3) is 7.48. The first-order chi connectivity index (χ1) is 22.6. The van der Waals surface area contributed by atoms with Crippen LogP contribution < -0.4 is 14.8 Å². The van der Waals surface area contributed by atoms with Gasteiger partial charge in [0.1, 0.15) is 24.6 Å². The fourth-order valence-electron chi connectivity index (χ4n) is 7.33. The van der Waals surface area contributed by atoms with Crippen LogP contribution in [0.2, 0.25) is 0 Å². The minimum atomic E-state index is -1.29. The standard InChI is InChI=1S/C36H47FN2O8/c1-20(2)25-10-5-21(3)13-29(25)46-19-31(42)39(17-22-6-8-24(37)9-7-22)28-16-27(36(44)38-11-12-40)32-26-14-23(18-41)15-30(45-4)34(26)47-35(32)33(28)43/h6-9,14-16,20-21,25,28-29,32-33,35,40-41,43H,5,10-13,17-19H2,1-4H3,(H,38,44)/t21-,25+,28+,29-,32-,33-,35-/m0/s1. The highest BCUT2D eigenvalue weighted by atomic mass is 19.1. The fraction of sp³-hybridized carbons (Fsp3) is 0.556. The second-order valence-electron chi connectivity index (χ2n) is 13.3. The number of carbonyl (C=O) groups is 2. The largest absolute Gasteiger partial charge is 0.493 e. The Morgan fingerprint density at radius 3 is 2.53 bits per heavy atom. The second-order valence-corrected chi connectivity index (χ2v) is 13.3. The molecule has 2 aliphatic carbocycles. The summed E-state index contributed by atoms with van der Waals surface area (Å²) in [6, 6.07) is 8.10. The third-order valence-electron chi connectivity index (χ3n) is 9.82. The number of hydrogen-bond donors (Lipinski definition) is 4. The molecule has 0 saturated heterocycles. The molecule has 1 heterocycles. The Morgan fingerprint density at radius 2 is 1.87 bits per heavy atom. The Balaban J connectivity index is 1.52. The van der Waals surface area contributed by atoms with Gasteiger partial charge in [0.25, 0.3) is 0 Å². The van der Waals surface area contributed by atoms with Gasteiger partial charge in [-0.1, -0.05) is 39.3 Å². The van der Waals surface area contributed by atoms with E-state index < -0.39 is 35.9 Å². The summed E-state index contributed by atoms with van der Waals surface area (Å²) in [5.74, 6) is -0.178. The molecule has 3 aliphatic rings. The molecule has 2 amide bonds. The Morgan fingerprint density at radius 1 is 1.13 bits per heavy atom. The van der Waals surface area contributed by atoms with Crippen molar-refractivity contribution in [3.05, 3.63) is 70.6 Å². The normalized spacial score (nSPS) is 26.6. The predicted octanol–water partition coefficient (Wildman–Crippen LogP) is 3.46. The molecule has 7 atom stereocenters. The molecule has 1 saturated carbocycles. The van der Waals surface area contributed by atoms with Crippen LogP contribution in [-0.4, -0.2) is 83.3 Å². The summed E-state index contributed by atoms with van der Waals surface area (Å²) in [6.45, 7) is 5.75. The van der Waals surface area contributed by atoms with Gasteiger partial charge in [0, 0.05) is 24.2 Å². The maximum Gasteiger partial charge on any atom is 0.249 e. The molecule has 2 aromatic rings. The quantitative estimate of drug-likeness (QED) is 0.273. The van der Waals surface area contributed by atoms with Gasteiger partial charge < -0.3 is 39.7 Å². The van der Waals surface area contributed by atoms with Crippen molar-refractivity contribution in [2.45, 2.75) is 83.5 Å². The molecule has 0 radical (unpaired) electrons. The average Bonchev–Trinajstić information content (AvgIpc) is 3.45. The molecule has 0 unspecified atom stereocenters. The van der Waals surface area contributed by atoms with Gasteiger partial charge in [-0.15, -0.1) is 0 Å². The number of benzene rings is 2. The lowest BCUT2D eigenvalue weighted by atomic mass is 9.75. The predicted molar refractivity (Wildman–Crippen MR) is 172 cm³/mol. The molecule has 256 valence electrons. The molecule has 1 fully saturated rings. The molecule has 5 rings (SSSR count). The van der Waals surface area contributed by atoms with Gasteiger partial charge in [-0.3, -0.25) is 9.59 Å². The number of rotatable bonds is 12. The summed E-state index contributed by atoms with van der Waals surface area (Å²) >= 11 is 0. The highest BCUT2D eigenvalue weighted by Gasteiger charge is 2.51. The van der Waals surface area contributed by atoms with Crippen LogP contribution >= 0.6 is 0 Å². The van der Waals surface area contributed by atoms with E-state index in [4.69, 9.17) is 14.2 Å². The van der Waals surface area contributed by atoms with Crippen molar-refractivity contribution in [2.75, 3.05) is 26.9 Å². The van der Waals surface area contributed by atoms with E-state index in [2.05, 4.69) is 26.1 Å². The van der Waals surface area contributed by atoms with Crippen molar-refractivity contribution >= 4 is 11.8 Å². The molecular formula is C36H47FN2O8. The lowest BCUT2D eigenvalue weighted by Crippen LogP contribution is -2.56. The van der Waals surface area contributed by atoms with E-state index in [1.807, 2.05) is 0 Å². The van der Waals surface area contributed by atoms with Crippen LogP contribution in [0.5, 0.6) is 11.5 Å². The van der Waals surface area contributed by atoms with Crippen molar-refractivity contribution in [3.8, 4) is 11.5 Å². The highest BCUT2D eigenvalue weighted by Crippen LogP contribution is 2.51. The lowest BCUT2D eigenvalue weighted by molar-refractivity contribution is -0.148. The summed E-state index contributed by atoms with van der Waals surface area (Å²) in [7, 11) is 1.46. The molecule has 0 bridgehead atoms. The molecule has 0 spiro atoms. The summed E-state index contributed by atoms with van der Waals surface area (Å²) in [5.41, 5.74) is 1.98. The van der Waals surface area contributed by atoms with Gasteiger partial charge >= 0.3 is 0 Å². The number of aliphatic hydroxyl groups excluding tert-OH is 3. The van der Waals surface area contributed by atoms with Gasteiger partial charge in [-0.25, -0.2) is 4.39 Å². The molecule has 10 nitrogen and oxygen atoms in total. The first kappa shape index (κ1) is 34.8. The smallest absolute Gasteiger partial charge is 0.249 e. The highest BCUT2D eigenvalue weighted by molar-refractivity contribution is 5.96. The minimum absolute atomic E-state index is 0.00259. The molecular weight excluding hydrogens is 607 g/mol. The zero-order valence-electron chi connectivity index (χ0n) is 27.5. The second kappa shape index (κ2) is 15.1. The zero-order valence-corrected chi connectivity index (χ0v) is 27.5. The lowest BCUT2D eigenvalue weighted by Gasteiger charge is -2.41. The van der Waals surface area contributed by atoms with E-state index in [0.29, 0.717) is 45.9 Å². The monoisotopic (exact) mass is 654 g/mol. The van der Waals surface area contributed by atoms with E-state index >= 15 is 0 Å². The summed E-state index contributed by atoms with van der Waals surface area (Å²) in [5, 5.41) is 34.0. The van der Waals surface area contributed by atoms with E-state index in [1.54, 1.807) is 30.3 Å². The van der Waals surface area contributed by atoms with Crippen molar-refractivity contribution in [1.29, 1.82) is 0 Å². The van der Waals surface area contributed by atoms with Gasteiger partial charge in [-0.05, 0) is 72.1 Å². The van der Waals surface area contributed by atoms with Crippen molar-refractivity contribution in [1.82, 2.24) is 10.2 Å². The number of ether oxygens (including phenoxy) is 3. The van der Waals surface area contributed by atoms with Gasteiger partial charge in [-0.2, -0.15) is 0 Å². The Labute approximate surface area is 275 Å². The summed E-state index contributed by atoms with van der Waals surface area (Å²) in [4.78, 5) is 29.3. The van der Waals surface area contributed by atoms with Crippen LogP contribution in [0.15, 0.2) is 48.0 Å². The Hall–Kier alpha value is -3.51. The Kier molecular flexibility index (Phi) is 11.2.